The predicted molar refractivity (Wildman–Crippen MR) is 25.8 cm³/mol. The molecule has 0 spiro atoms. The van der Waals surface area contributed by atoms with Crippen molar-refractivity contribution in [3.63, 3.8) is 0 Å². The summed E-state index contributed by atoms with van der Waals surface area (Å²) in [6.07, 6.45) is 0. The Morgan fingerprint density at radius 3 is 2.10 bits per heavy atom. The van der Waals surface area contributed by atoms with Crippen molar-refractivity contribution < 1.29 is 32.7 Å². The SMILES string of the molecule is [Li+].[O-]c1ccc(F)c(F)c1. The molecule has 0 aromatic heterocycles. The molecular formula is C6H3F2LiO. The van der Waals surface area contributed by atoms with E-state index in [0.29, 0.717) is 6.07 Å². The standard InChI is InChI=1S/C6H4F2O.Li/c7-5-2-1-4(9)3-6(5)8;/h1-3,9H;/q;+1/p-1. The number of hydrogen-bond acceptors (Lipinski definition) is 1. The van der Waals surface area contributed by atoms with Gasteiger partial charge in [-0.2, -0.15) is 0 Å². The van der Waals surface area contributed by atoms with E-state index in [0.717, 1.165) is 12.1 Å². The molecule has 0 unspecified atom stereocenters. The average Bonchev–Trinajstić information content (AvgIpc) is 1.80. The van der Waals surface area contributed by atoms with Gasteiger partial charge in [-0.3, -0.25) is 0 Å². The van der Waals surface area contributed by atoms with Gasteiger partial charge in [0.05, 0.1) is 0 Å². The van der Waals surface area contributed by atoms with E-state index in [9.17, 15) is 13.9 Å². The zero-order valence-electron chi connectivity index (χ0n) is 5.40. The number of halogens is 2. The molecule has 0 amide bonds. The molecule has 0 radical (unpaired) electrons. The van der Waals surface area contributed by atoms with Crippen molar-refractivity contribution in [1.29, 1.82) is 0 Å². The maximum absolute atomic E-state index is 12.0. The van der Waals surface area contributed by atoms with Crippen LogP contribution in [0.2, 0.25) is 0 Å². The molecule has 10 heavy (non-hydrogen) atoms. The third-order valence-electron chi connectivity index (χ3n) is 0.891. The van der Waals surface area contributed by atoms with Crippen molar-refractivity contribution in [2.24, 2.45) is 0 Å². The van der Waals surface area contributed by atoms with Crippen molar-refractivity contribution >= 4 is 0 Å². The molecule has 0 saturated heterocycles. The summed E-state index contributed by atoms with van der Waals surface area (Å²) in [6.45, 7) is 0. The molecule has 0 aliphatic heterocycles. The Bertz CT molecular complexity index is 227. The van der Waals surface area contributed by atoms with Gasteiger partial charge in [0, 0.05) is 0 Å². The summed E-state index contributed by atoms with van der Waals surface area (Å²) < 4.78 is 24.0. The summed E-state index contributed by atoms with van der Waals surface area (Å²) in [5.74, 6) is -2.61. The van der Waals surface area contributed by atoms with Gasteiger partial charge in [0.25, 0.3) is 0 Å². The molecule has 0 heterocycles. The zero-order chi connectivity index (χ0) is 6.85. The van der Waals surface area contributed by atoms with Gasteiger partial charge in [-0.05, 0) is 12.1 Å². The van der Waals surface area contributed by atoms with E-state index in [1.807, 2.05) is 0 Å². The molecule has 1 nitrogen and oxygen atoms in total. The van der Waals surface area contributed by atoms with E-state index < -0.39 is 17.4 Å². The summed E-state index contributed by atoms with van der Waals surface area (Å²) >= 11 is 0. The van der Waals surface area contributed by atoms with Crippen LogP contribution in [0, 0.1) is 11.6 Å². The Labute approximate surface area is 68.9 Å². The Kier molecular flexibility index (Phi) is 3.41. The van der Waals surface area contributed by atoms with Crippen molar-refractivity contribution in [1.82, 2.24) is 0 Å². The molecule has 0 bridgehead atoms. The van der Waals surface area contributed by atoms with Crippen LogP contribution in [0.5, 0.6) is 5.75 Å². The molecule has 0 aliphatic carbocycles. The van der Waals surface area contributed by atoms with Crippen LogP contribution in [0.1, 0.15) is 0 Å². The summed E-state index contributed by atoms with van der Waals surface area (Å²) in [4.78, 5) is 0. The van der Waals surface area contributed by atoms with Gasteiger partial charge in [-0.25, -0.2) is 8.78 Å². The summed E-state index contributed by atoms with van der Waals surface area (Å²) in [5.41, 5.74) is 0. The minimum Gasteiger partial charge on any atom is -0.872 e. The van der Waals surface area contributed by atoms with Gasteiger partial charge in [-0.15, -0.1) is 5.75 Å². The van der Waals surface area contributed by atoms with E-state index in [-0.39, 0.29) is 18.9 Å². The van der Waals surface area contributed by atoms with E-state index in [1.165, 1.54) is 0 Å². The predicted octanol–water partition coefficient (Wildman–Crippen LogP) is -1.96. The quantitative estimate of drug-likeness (QED) is 0.380. The molecular weight excluding hydrogens is 133 g/mol. The van der Waals surface area contributed by atoms with Gasteiger partial charge in [0.1, 0.15) is 0 Å². The molecule has 0 aliphatic rings. The second-order valence-electron chi connectivity index (χ2n) is 1.58. The topological polar surface area (TPSA) is 23.1 Å². The first-order valence-corrected chi connectivity index (χ1v) is 2.32. The monoisotopic (exact) mass is 136 g/mol. The minimum atomic E-state index is -1.09. The number of rotatable bonds is 0. The molecule has 48 valence electrons. The summed E-state index contributed by atoms with van der Waals surface area (Å²) in [5, 5.41) is 10.2. The van der Waals surface area contributed by atoms with Crippen LogP contribution < -0.4 is 24.0 Å². The number of benzene rings is 1. The van der Waals surface area contributed by atoms with Gasteiger partial charge in [0.15, 0.2) is 11.6 Å². The molecule has 4 heteroatoms. The third-order valence-corrected chi connectivity index (χ3v) is 0.891. The van der Waals surface area contributed by atoms with Crippen LogP contribution >= 0.6 is 0 Å². The van der Waals surface area contributed by atoms with Crippen LogP contribution in [-0.2, 0) is 0 Å². The average molecular weight is 136 g/mol. The molecule has 0 N–H and O–H groups in total. The van der Waals surface area contributed by atoms with Gasteiger partial charge in [-0.1, -0.05) is 6.07 Å². The maximum atomic E-state index is 12.0. The fourth-order valence-corrected chi connectivity index (χ4v) is 0.477. The normalized spacial score (nSPS) is 8.60. The second-order valence-corrected chi connectivity index (χ2v) is 1.58. The first-order chi connectivity index (χ1) is 4.20. The van der Waals surface area contributed by atoms with Crippen LogP contribution in [0.3, 0.4) is 0 Å². The van der Waals surface area contributed by atoms with E-state index in [2.05, 4.69) is 0 Å². The Hall–Kier alpha value is -0.523. The first kappa shape index (κ1) is 9.48. The van der Waals surface area contributed by atoms with Crippen molar-refractivity contribution in [2.45, 2.75) is 0 Å². The maximum Gasteiger partial charge on any atom is 1.00 e. The number of hydrogen-bond donors (Lipinski definition) is 0. The molecule has 0 saturated carbocycles. The van der Waals surface area contributed by atoms with Crippen molar-refractivity contribution in [3.05, 3.63) is 29.8 Å². The van der Waals surface area contributed by atoms with Crippen LogP contribution in [0.4, 0.5) is 8.78 Å². The first-order valence-electron chi connectivity index (χ1n) is 2.32. The van der Waals surface area contributed by atoms with Gasteiger partial charge < -0.3 is 5.11 Å². The van der Waals surface area contributed by atoms with Crippen LogP contribution in [0.15, 0.2) is 18.2 Å². The molecule has 1 rings (SSSR count). The molecule has 0 fully saturated rings. The Morgan fingerprint density at radius 2 is 1.70 bits per heavy atom. The Balaban J connectivity index is 0.000000810. The largest absolute Gasteiger partial charge is 1.00 e. The summed E-state index contributed by atoms with van der Waals surface area (Å²) in [7, 11) is 0. The van der Waals surface area contributed by atoms with E-state index in [1.54, 1.807) is 0 Å². The summed E-state index contributed by atoms with van der Waals surface area (Å²) in [6, 6.07) is 2.38. The van der Waals surface area contributed by atoms with E-state index >= 15 is 0 Å². The third kappa shape index (κ3) is 2.02. The van der Waals surface area contributed by atoms with E-state index in [4.69, 9.17) is 0 Å². The van der Waals surface area contributed by atoms with Crippen LogP contribution in [-0.4, -0.2) is 0 Å². The fourth-order valence-electron chi connectivity index (χ4n) is 0.477. The van der Waals surface area contributed by atoms with Crippen LogP contribution in [0.25, 0.3) is 0 Å². The second kappa shape index (κ2) is 3.60. The van der Waals surface area contributed by atoms with Crippen molar-refractivity contribution in [2.75, 3.05) is 0 Å². The fraction of sp³-hybridized carbons (Fsp3) is 0. The zero-order valence-corrected chi connectivity index (χ0v) is 5.40. The van der Waals surface area contributed by atoms with Gasteiger partial charge in [0.2, 0.25) is 0 Å². The minimum absolute atomic E-state index is 0. The smallest absolute Gasteiger partial charge is 0.872 e. The molecule has 1 aromatic rings. The Morgan fingerprint density at radius 1 is 1.10 bits per heavy atom. The van der Waals surface area contributed by atoms with Crippen molar-refractivity contribution in [3.8, 4) is 5.75 Å². The molecule has 1 aromatic carbocycles. The molecule has 0 atom stereocenters. The van der Waals surface area contributed by atoms with Gasteiger partial charge >= 0.3 is 18.9 Å².